The lowest BCUT2D eigenvalue weighted by atomic mass is 9.99. The van der Waals surface area contributed by atoms with Crippen molar-refractivity contribution in [3.63, 3.8) is 0 Å². The van der Waals surface area contributed by atoms with Gasteiger partial charge in [-0.1, -0.05) is 0 Å². The van der Waals surface area contributed by atoms with E-state index < -0.39 is 0 Å². The third-order valence-corrected chi connectivity index (χ3v) is 6.20. The van der Waals surface area contributed by atoms with Crippen LogP contribution in [0.15, 0.2) is 31.0 Å². The van der Waals surface area contributed by atoms with E-state index in [1.54, 1.807) is 6.33 Å². The van der Waals surface area contributed by atoms with Crippen molar-refractivity contribution in [2.45, 2.75) is 38.8 Å². The van der Waals surface area contributed by atoms with Crippen LogP contribution in [0.25, 0.3) is 11.3 Å². The molecule has 5 heterocycles. The summed E-state index contributed by atoms with van der Waals surface area (Å²) in [7, 11) is 0. The lowest BCUT2D eigenvalue weighted by molar-refractivity contribution is 0.334. The van der Waals surface area contributed by atoms with Crippen LogP contribution >= 0.6 is 0 Å². The van der Waals surface area contributed by atoms with E-state index in [0.717, 1.165) is 66.9 Å². The topological polar surface area (TPSA) is 123 Å². The van der Waals surface area contributed by atoms with Gasteiger partial charge >= 0.3 is 0 Å². The molecule has 3 aromatic rings. The van der Waals surface area contributed by atoms with E-state index in [0.29, 0.717) is 18.5 Å². The number of anilines is 3. The molecule has 0 saturated carbocycles. The SMILES string of the molecule is CC(C)Nc1ccnc(N2CCC(C(CN)n3cc(-c4ncnc5c4CCN5)cn3)C2)n1. The molecule has 0 aliphatic carbocycles. The van der Waals surface area contributed by atoms with Gasteiger partial charge in [-0.15, -0.1) is 0 Å². The van der Waals surface area contributed by atoms with E-state index in [1.807, 2.05) is 23.1 Å². The summed E-state index contributed by atoms with van der Waals surface area (Å²) in [5.41, 5.74) is 9.36. The number of nitrogens with zero attached hydrogens (tertiary/aromatic N) is 7. The molecule has 0 bridgehead atoms. The molecule has 0 radical (unpaired) electrons. The van der Waals surface area contributed by atoms with Gasteiger partial charge in [-0.05, 0) is 32.8 Å². The van der Waals surface area contributed by atoms with Crippen molar-refractivity contribution in [1.82, 2.24) is 29.7 Å². The fourth-order valence-electron chi connectivity index (χ4n) is 4.67. The molecule has 2 atom stereocenters. The van der Waals surface area contributed by atoms with Crippen molar-refractivity contribution >= 4 is 17.6 Å². The molecule has 10 heteroatoms. The Kier molecular flexibility index (Phi) is 5.60. The molecule has 2 unspecified atom stereocenters. The molecule has 10 nitrogen and oxygen atoms in total. The third kappa shape index (κ3) is 3.97. The minimum Gasteiger partial charge on any atom is -0.369 e. The Morgan fingerprint density at radius 2 is 2.19 bits per heavy atom. The molecule has 32 heavy (non-hydrogen) atoms. The van der Waals surface area contributed by atoms with Crippen molar-refractivity contribution in [3.05, 3.63) is 36.5 Å². The molecule has 0 spiro atoms. The molecule has 1 fully saturated rings. The van der Waals surface area contributed by atoms with Gasteiger partial charge < -0.3 is 21.3 Å². The Hall–Kier alpha value is -3.27. The number of hydrogen-bond acceptors (Lipinski definition) is 9. The predicted octanol–water partition coefficient (Wildman–Crippen LogP) is 1.94. The summed E-state index contributed by atoms with van der Waals surface area (Å²) < 4.78 is 2.01. The number of aromatic nitrogens is 6. The van der Waals surface area contributed by atoms with Gasteiger partial charge in [-0.3, -0.25) is 4.68 Å². The van der Waals surface area contributed by atoms with Crippen molar-refractivity contribution in [2.75, 3.05) is 41.7 Å². The largest absolute Gasteiger partial charge is 0.369 e. The first kappa shape index (κ1) is 20.6. The number of nitrogens with one attached hydrogen (secondary N) is 2. The number of hydrogen-bond donors (Lipinski definition) is 3. The number of nitrogens with two attached hydrogens (primary N) is 1. The molecule has 0 aromatic carbocycles. The molecular weight excluding hydrogens is 404 g/mol. The van der Waals surface area contributed by atoms with Crippen LogP contribution in [0.4, 0.5) is 17.6 Å². The monoisotopic (exact) mass is 434 g/mol. The Morgan fingerprint density at radius 1 is 1.28 bits per heavy atom. The van der Waals surface area contributed by atoms with Crippen LogP contribution < -0.4 is 21.3 Å². The normalized spacial score (nSPS) is 18.6. The van der Waals surface area contributed by atoms with E-state index >= 15 is 0 Å². The van der Waals surface area contributed by atoms with E-state index in [9.17, 15) is 0 Å². The second-order valence-electron chi connectivity index (χ2n) is 8.77. The second-order valence-corrected chi connectivity index (χ2v) is 8.77. The van der Waals surface area contributed by atoms with E-state index in [2.05, 4.69) is 55.6 Å². The highest BCUT2D eigenvalue weighted by molar-refractivity contribution is 5.69. The molecule has 3 aromatic heterocycles. The molecule has 2 aliphatic rings. The van der Waals surface area contributed by atoms with Gasteiger partial charge in [0.25, 0.3) is 0 Å². The maximum atomic E-state index is 6.23. The standard InChI is InChI=1S/C22H30N10/c1-14(2)29-19-4-7-25-22(30-19)31-8-5-15(11-31)18(9-23)32-12-16(10-28-32)20-17-3-6-24-21(17)27-13-26-20/h4,7,10,12-15,18H,3,5-6,8-9,11,23H2,1-2H3,(H,24,26,27)(H,25,29,30). The zero-order chi connectivity index (χ0) is 22.1. The summed E-state index contributed by atoms with van der Waals surface area (Å²) in [6, 6.07) is 2.34. The lowest BCUT2D eigenvalue weighted by Gasteiger charge is -2.23. The first-order valence-electron chi connectivity index (χ1n) is 11.3. The maximum absolute atomic E-state index is 6.23. The van der Waals surface area contributed by atoms with Gasteiger partial charge in [-0.2, -0.15) is 10.1 Å². The zero-order valence-electron chi connectivity index (χ0n) is 18.6. The van der Waals surface area contributed by atoms with Crippen LogP contribution in [0.1, 0.15) is 31.9 Å². The highest BCUT2D eigenvalue weighted by Crippen LogP contribution is 2.32. The van der Waals surface area contributed by atoms with Crippen LogP contribution in [0.2, 0.25) is 0 Å². The minimum atomic E-state index is 0.110. The lowest BCUT2D eigenvalue weighted by Crippen LogP contribution is -2.30. The van der Waals surface area contributed by atoms with Crippen molar-refractivity contribution in [3.8, 4) is 11.3 Å². The zero-order valence-corrected chi connectivity index (χ0v) is 18.6. The van der Waals surface area contributed by atoms with E-state index in [-0.39, 0.29) is 6.04 Å². The van der Waals surface area contributed by atoms with Crippen molar-refractivity contribution in [1.29, 1.82) is 0 Å². The molecule has 168 valence electrons. The quantitative estimate of drug-likeness (QED) is 0.512. The van der Waals surface area contributed by atoms with Crippen LogP contribution in [0.3, 0.4) is 0 Å². The van der Waals surface area contributed by atoms with Gasteiger partial charge in [0, 0.05) is 61.7 Å². The van der Waals surface area contributed by atoms with Gasteiger partial charge in [0.2, 0.25) is 5.95 Å². The molecule has 2 aliphatic heterocycles. The summed E-state index contributed by atoms with van der Waals surface area (Å²) in [6.45, 7) is 7.39. The van der Waals surface area contributed by atoms with Crippen molar-refractivity contribution < 1.29 is 0 Å². The highest BCUT2D eigenvalue weighted by Gasteiger charge is 2.32. The third-order valence-electron chi connectivity index (χ3n) is 6.20. The van der Waals surface area contributed by atoms with Crippen LogP contribution in [-0.4, -0.2) is 61.9 Å². The molecular formula is C22H30N10. The van der Waals surface area contributed by atoms with Gasteiger partial charge in [0.15, 0.2) is 0 Å². The Labute approximate surface area is 187 Å². The molecule has 4 N–H and O–H groups in total. The molecule has 0 amide bonds. The first-order valence-corrected chi connectivity index (χ1v) is 11.3. The number of rotatable bonds is 7. The molecule has 1 saturated heterocycles. The molecule has 5 rings (SSSR count). The highest BCUT2D eigenvalue weighted by atomic mass is 15.3. The van der Waals surface area contributed by atoms with Crippen LogP contribution in [0, 0.1) is 5.92 Å². The fraction of sp³-hybridized carbons (Fsp3) is 0.500. The predicted molar refractivity (Wildman–Crippen MR) is 125 cm³/mol. The average molecular weight is 435 g/mol. The average Bonchev–Trinajstić information content (AvgIpc) is 3.55. The Bertz CT molecular complexity index is 1080. The minimum absolute atomic E-state index is 0.110. The first-order chi connectivity index (χ1) is 15.6. The second kappa shape index (κ2) is 8.70. The Balaban J connectivity index is 1.32. The summed E-state index contributed by atoms with van der Waals surface area (Å²) in [6.07, 6.45) is 9.34. The van der Waals surface area contributed by atoms with E-state index in [1.165, 1.54) is 0 Å². The smallest absolute Gasteiger partial charge is 0.227 e. The summed E-state index contributed by atoms with van der Waals surface area (Å²) in [4.78, 5) is 20.3. The Morgan fingerprint density at radius 3 is 3.03 bits per heavy atom. The van der Waals surface area contributed by atoms with Crippen molar-refractivity contribution in [2.24, 2.45) is 11.7 Å². The summed E-state index contributed by atoms with van der Waals surface area (Å²) in [5.74, 6) is 2.92. The van der Waals surface area contributed by atoms with Crippen LogP contribution in [-0.2, 0) is 6.42 Å². The fourth-order valence-corrected chi connectivity index (χ4v) is 4.67. The van der Waals surface area contributed by atoms with Gasteiger partial charge in [0.05, 0.1) is 17.9 Å². The summed E-state index contributed by atoms with van der Waals surface area (Å²) >= 11 is 0. The maximum Gasteiger partial charge on any atom is 0.227 e. The summed E-state index contributed by atoms with van der Waals surface area (Å²) in [5, 5.41) is 11.3. The number of fused-ring (bicyclic) bond motifs is 1. The van der Waals surface area contributed by atoms with Gasteiger partial charge in [-0.25, -0.2) is 15.0 Å². The van der Waals surface area contributed by atoms with E-state index in [4.69, 9.17) is 10.7 Å². The van der Waals surface area contributed by atoms with Crippen LogP contribution in [0.5, 0.6) is 0 Å². The van der Waals surface area contributed by atoms with Gasteiger partial charge in [0.1, 0.15) is 18.0 Å².